The van der Waals surface area contributed by atoms with E-state index < -0.39 is 0 Å². The van der Waals surface area contributed by atoms with Gasteiger partial charge in [-0.2, -0.15) is 0 Å². The highest BCUT2D eigenvalue weighted by atomic mass is 32.1. The summed E-state index contributed by atoms with van der Waals surface area (Å²) in [7, 11) is 0. The summed E-state index contributed by atoms with van der Waals surface area (Å²) in [6, 6.07) is 8.01. The molecule has 2 rings (SSSR count). The molecule has 0 bridgehead atoms. The lowest BCUT2D eigenvalue weighted by atomic mass is 10.2. The van der Waals surface area contributed by atoms with Gasteiger partial charge < -0.3 is 4.74 Å². The van der Waals surface area contributed by atoms with Crippen LogP contribution in [-0.2, 0) is 0 Å². The summed E-state index contributed by atoms with van der Waals surface area (Å²) >= 11 is 1.52. The van der Waals surface area contributed by atoms with Crippen LogP contribution < -0.4 is 4.74 Å². The van der Waals surface area contributed by atoms with Crippen molar-refractivity contribution >= 4 is 11.3 Å². The number of ether oxygens (including phenoxy) is 1. The highest BCUT2D eigenvalue weighted by molar-refractivity contribution is 7.12. The van der Waals surface area contributed by atoms with E-state index in [2.05, 4.69) is 10.5 Å². The molecule has 1 heterocycles. The summed E-state index contributed by atoms with van der Waals surface area (Å²) in [5.74, 6) is 0.907. The molecule has 1 aromatic heterocycles. The lowest BCUT2D eigenvalue weighted by molar-refractivity contribution is 0.340. The summed E-state index contributed by atoms with van der Waals surface area (Å²) in [5.41, 5.74) is 3.99. The molecular weight excluding hydrogens is 194 g/mol. The summed E-state index contributed by atoms with van der Waals surface area (Å²) < 4.78 is 5.36. The van der Waals surface area contributed by atoms with Gasteiger partial charge in [-0.25, -0.2) is 4.98 Å². The van der Waals surface area contributed by atoms with E-state index in [1.807, 2.05) is 37.4 Å². The van der Waals surface area contributed by atoms with Gasteiger partial charge in [0.15, 0.2) is 5.51 Å². The predicted octanol–water partition coefficient (Wildman–Crippen LogP) is 3.01. The summed E-state index contributed by atoms with van der Waals surface area (Å²) in [6.45, 7) is 2.68. The zero-order chi connectivity index (χ0) is 9.80. The van der Waals surface area contributed by atoms with Gasteiger partial charge in [-0.15, -0.1) is 11.3 Å². The van der Waals surface area contributed by atoms with Crippen LogP contribution in [0.5, 0.6) is 5.75 Å². The number of thiazole rings is 1. The number of hydrogen-bond acceptors (Lipinski definition) is 3. The van der Waals surface area contributed by atoms with E-state index in [4.69, 9.17) is 4.74 Å². The number of nitrogens with zero attached hydrogens (tertiary/aromatic N) is 1. The third-order valence-corrected chi connectivity index (χ3v) is 2.60. The molecule has 0 fully saturated rings. The Hall–Kier alpha value is -1.35. The quantitative estimate of drug-likeness (QED) is 0.766. The molecule has 0 atom stereocenters. The Kier molecular flexibility index (Phi) is 2.79. The van der Waals surface area contributed by atoms with Crippen LogP contribution >= 0.6 is 11.3 Å². The van der Waals surface area contributed by atoms with E-state index in [0.29, 0.717) is 6.61 Å². The Bertz CT molecular complexity index is 380. The van der Waals surface area contributed by atoms with Gasteiger partial charge in [0, 0.05) is 6.20 Å². The zero-order valence-electron chi connectivity index (χ0n) is 7.86. The maximum Gasteiger partial charge on any atom is 0.152 e. The van der Waals surface area contributed by atoms with E-state index in [1.54, 1.807) is 0 Å². The normalized spacial score (nSPS) is 10.1. The molecule has 0 amide bonds. The Morgan fingerprint density at radius 2 is 2.14 bits per heavy atom. The van der Waals surface area contributed by atoms with Gasteiger partial charge in [-0.05, 0) is 36.8 Å². The molecule has 0 spiro atoms. The van der Waals surface area contributed by atoms with Gasteiger partial charge in [0.2, 0.25) is 0 Å². The highest BCUT2D eigenvalue weighted by Crippen LogP contribution is 2.24. The molecule has 3 heteroatoms. The second-order valence-electron chi connectivity index (χ2n) is 2.77. The van der Waals surface area contributed by atoms with Crippen molar-refractivity contribution in [3.05, 3.63) is 36.0 Å². The van der Waals surface area contributed by atoms with Gasteiger partial charge in [0.25, 0.3) is 0 Å². The monoisotopic (exact) mass is 204 g/mol. The fourth-order valence-electron chi connectivity index (χ4n) is 1.20. The SMILES string of the molecule is CCOc1ccc(-c2cn[c]s2)cc1. The maximum atomic E-state index is 5.36. The minimum atomic E-state index is 0.702. The topological polar surface area (TPSA) is 22.1 Å². The average Bonchev–Trinajstić information content (AvgIpc) is 2.72. The smallest absolute Gasteiger partial charge is 0.152 e. The van der Waals surface area contributed by atoms with E-state index in [1.165, 1.54) is 11.3 Å². The Balaban J connectivity index is 2.22. The predicted molar refractivity (Wildman–Crippen MR) is 57.6 cm³/mol. The lowest BCUT2D eigenvalue weighted by Crippen LogP contribution is -1.90. The molecule has 0 saturated carbocycles. The van der Waals surface area contributed by atoms with Crippen molar-refractivity contribution in [3.8, 4) is 16.2 Å². The molecule has 0 aliphatic rings. The molecule has 1 radical (unpaired) electrons. The Labute approximate surface area is 87.2 Å². The molecule has 0 saturated heterocycles. The molecule has 2 nitrogen and oxygen atoms in total. The Morgan fingerprint density at radius 1 is 1.36 bits per heavy atom. The number of hydrogen-bond donors (Lipinski definition) is 0. The summed E-state index contributed by atoms with van der Waals surface area (Å²) in [5, 5.41) is 0. The van der Waals surface area contributed by atoms with Gasteiger partial charge >= 0.3 is 0 Å². The van der Waals surface area contributed by atoms with Crippen LogP contribution in [0, 0.1) is 5.51 Å². The van der Waals surface area contributed by atoms with Crippen molar-refractivity contribution in [1.29, 1.82) is 0 Å². The van der Waals surface area contributed by atoms with E-state index in [9.17, 15) is 0 Å². The third-order valence-electron chi connectivity index (χ3n) is 1.84. The number of rotatable bonds is 3. The van der Waals surface area contributed by atoms with Gasteiger partial charge in [0.1, 0.15) is 5.75 Å². The van der Waals surface area contributed by atoms with Gasteiger partial charge in [-0.3, -0.25) is 0 Å². The minimum absolute atomic E-state index is 0.702. The van der Waals surface area contributed by atoms with E-state index in [0.717, 1.165) is 16.2 Å². The first-order valence-electron chi connectivity index (χ1n) is 4.45. The molecule has 1 aromatic carbocycles. The lowest BCUT2D eigenvalue weighted by Gasteiger charge is -2.02. The van der Waals surface area contributed by atoms with E-state index in [-0.39, 0.29) is 0 Å². The van der Waals surface area contributed by atoms with Crippen molar-refractivity contribution < 1.29 is 4.74 Å². The molecule has 71 valence electrons. The number of benzene rings is 1. The van der Waals surface area contributed by atoms with Crippen molar-refractivity contribution in [2.75, 3.05) is 6.61 Å². The molecule has 0 unspecified atom stereocenters. The standard InChI is InChI=1S/C11H10NOS/c1-2-13-10-5-3-9(4-6-10)11-7-12-8-14-11/h3-7H,2H2,1H3. The first kappa shape index (κ1) is 9.21. The third kappa shape index (κ3) is 1.93. The van der Waals surface area contributed by atoms with Gasteiger partial charge in [-0.1, -0.05) is 0 Å². The molecule has 0 aliphatic carbocycles. The van der Waals surface area contributed by atoms with Crippen LogP contribution in [0.3, 0.4) is 0 Å². The molecular formula is C11H10NOS. The van der Waals surface area contributed by atoms with Crippen LogP contribution in [0.1, 0.15) is 6.92 Å². The van der Waals surface area contributed by atoms with Gasteiger partial charge in [0.05, 0.1) is 11.5 Å². The zero-order valence-corrected chi connectivity index (χ0v) is 8.67. The largest absolute Gasteiger partial charge is 0.494 e. The van der Waals surface area contributed by atoms with Crippen LogP contribution in [-0.4, -0.2) is 11.6 Å². The van der Waals surface area contributed by atoms with E-state index >= 15 is 0 Å². The number of aromatic nitrogens is 1. The molecule has 2 aromatic rings. The second-order valence-corrected chi connectivity index (χ2v) is 3.60. The molecule has 0 N–H and O–H groups in total. The minimum Gasteiger partial charge on any atom is -0.494 e. The first-order chi connectivity index (χ1) is 6.90. The van der Waals surface area contributed by atoms with Crippen molar-refractivity contribution in [2.45, 2.75) is 6.92 Å². The van der Waals surface area contributed by atoms with Crippen LogP contribution in [0.2, 0.25) is 0 Å². The molecule has 14 heavy (non-hydrogen) atoms. The van der Waals surface area contributed by atoms with Crippen LogP contribution in [0.4, 0.5) is 0 Å². The summed E-state index contributed by atoms with van der Waals surface area (Å²) in [4.78, 5) is 5.05. The van der Waals surface area contributed by atoms with Crippen molar-refractivity contribution in [2.24, 2.45) is 0 Å². The fraction of sp³-hybridized carbons (Fsp3) is 0.182. The fourth-order valence-corrected chi connectivity index (χ4v) is 1.77. The molecule has 0 aliphatic heterocycles. The average molecular weight is 204 g/mol. The van der Waals surface area contributed by atoms with Crippen LogP contribution in [0.15, 0.2) is 30.5 Å². The first-order valence-corrected chi connectivity index (χ1v) is 5.27. The van der Waals surface area contributed by atoms with Crippen molar-refractivity contribution in [1.82, 2.24) is 4.98 Å². The Morgan fingerprint density at radius 3 is 2.71 bits per heavy atom. The highest BCUT2D eigenvalue weighted by Gasteiger charge is 1.99. The van der Waals surface area contributed by atoms with Crippen molar-refractivity contribution in [3.63, 3.8) is 0 Å². The maximum absolute atomic E-state index is 5.36. The summed E-state index contributed by atoms with van der Waals surface area (Å²) in [6.07, 6.45) is 1.82. The second kappa shape index (κ2) is 4.24. The van der Waals surface area contributed by atoms with Crippen LogP contribution in [0.25, 0.3) is 10.4 Å².